The van der Waals surface area contributed by atoms with E-state index in [9.17, 15) is 9.50 Å². The van der Waals surface area contributed by atoms with Gasteiger partial charge in [0.1, 0.15) is 15.4 Å². The van der Waals surface area contributed by atoms with Crippen LogP contribution in [0.25, 0.3) is 0 Å². The summed E-state index contributed by atoms with van der Waals surface area (Å²) < 4.78 is 13.4. The maximum absolute atomic E-state index is 12.7. The van der Waals surface area contributed by atoms with Gasteiger partial charge in [0.05, 0.1) is 11.9 Å². The van der Waals surface area contributed by atoms with Crippen LogP contribution in [0.2, 0.25) is 0 Å². The summed E-state index contributed by atoms with van der Waals surface area (Å²) in [5, 5.41) is 12.6. The average molecular weight is 303 g/mol. The second-order valence-electron chi connectivity index (χ2n) is 3.41. The Morgan fingerprint density at radius 2 is 2.25 bits per heavy atom. The van der Waals surface area contributed by atoms with Crippen LogP contribution < -0.4 is 0 Å². The molecule has 2 rings (SSSR count). The summed E-state index contributed by atoms with van der Waals surface area (Å²) in [5.41, 5.74) is -0.930. The molecule has 1 N–H and O–H groups in total. The summed E-state index contributed by atoms with van der Waals surface area (Å²) >= 11 is 4.53. The first-order valence-electron chi connectivity index (χ1n) is 4.46. The Hall–Kier alpha value is -0.850. The molecule has 0 spiro atoms. The minimum Gasteiger partial charge on any atom is -0.377 e. The smallest absolute Gasteiger partial charge is 0.155 e. The lowest BCUT2D eigenvalue weighted by Gasteiger charge is -2.19. The van der Waals surface area contributed by atoms with Crippen LogP contribution in [0.1, 0.15) is 17.6 Å². The van der Waals surface area contributed by atoms with Crippen molar-refractivity contribution in [1.82, 2.24) is 9.97 Å². The van der Waals surface area contributed by atoms with Gasteiger partial charge in [0.15, 0.2) is 5.60 Å². The van der Waals surface area contributed by atoms with Crippen LogP contribution in [0.3, 0.4) is 0 Å². The van der Waals surface area contributed by atoms with Crippen LogP contribution in [0, 0.1) is 5.82 Å². The van der Waals surface area contributed by atoms with Gasteiger partial charge in [-0.1, -0.05) is 0 Å². The molecule has 3 nitrogen and oxygen atoms in total. The van der Waals surface area contributed by atoms with Crippen LogP contribution >= 0.6 is 27.3 Å². The lowest BCUT2D eigenvalue weighted by molar-refractivity contribution is 0.0968. The van der Waals surface area contributed by atoms with Gasteiger partial charge in [-0.2, -0.15) is 0 Å². The van der Waals surface area contributed by atoms with Crippen LogP contribution in [-0.2, 0) is 5.60 Å². The molecule has 2 aromatic heterocycles. The molecule has 2 aromatic rings. The maximum atomic E-state index is 12.7. The first-order chi connectivity index (χ1) is 7.50. The highest BCUT2D eigenvalue weighted by molar-refractivity contribution is 9.10. The average Bonchev–Trinajstić information content (AvgIpc) is 2.66. The van der Waals surface area contributed by atoms with Crippen molar-refractivity contribution in [2.24, 2.45) is 0 Å². The fourth-order valence-electron chi connectivity index (χ4n) is 1.25. The lowest BCUT2D eigenvalue weighted by atomic mass is 10.0. The van der Waals surface area contributed by atoms with Gasteiger partial charge in [-0.05, 0) is 35.0 Å². The number of halogens is 2. The van der Waals surface area contributed by atoms with E-state index in [-0.39, 0.29) is 0 Å². The predicted octanol–water partition coefficient (Wildman–Crippen LogP) is 2.70. The fraction of sp³-hybridized carbons (Fsp3) is 0.200. The standard InChI is InChI=1S/C10H8BrFN2OS/c1-10(15,9-14-8(11)5-16-9)7-3-2-6(12)4-13-7/h2-5,15H,1H3. The van der Waals surface area contributed by atoms with Crippen molar-refractivity contribution < 1.29 is 9.50 Å². The summed E-state index contributed by atoms with van der Waals surface area (Å²) in [6, 6.07) is 2.71. The van der Waals surface area contributed by atoms with E-state index in [2.05, 4.69) is 25.9 Å². The summed E-state index contributed by atoms with van der Waals surface area (Å²) in [6.07, 6.45) is 1.08. The molecule has 0 fully saturated rings. The molecule has 1 atom stereocenters. The van der Waals surface area contributed by atoms with E-state index in [1.807, 2.05) is 0 Å². The molecule has 0 aromatic carbocycles. The van der Waals surface area contributed by atoms with Gasteiger partial charge in [-0.15, -0.1) is 11.3 Å². The number of hydrogen-bond acceptors (Lipinski definition) is 4. The Labute approximate surface area is 104 Å². The van der Waals surface area contributed by atoms with Gasteiger partial charge in [-0.3, -0.25) is 4.98 Å². The number of nitrogens with zero attached hydrogens (tertiary/aromatic N) is 2. The van der Waals surface area contributed by atoms with Gasteiger partial charge < -0.3 is 5.11 Å². The molecular formula is C10H8BrFN2OS. The largest absolute Gasteiger partial charge is 0.377 e. The highest BCUT2D eigenvalue weighted by atomic mass is 79.9. The molecule has 0 amide bonds. The van der Waals surface area contributed by atoms with E-state index in [0.29, 0.717) is 15.3 Å². The quantitative estimate of drug-likeness (QED) is 0.928. The number of rotatable bonds is 2. The van der Waals surface area contributed by atoms with Gasteiger partial charge in [-0.25, -0.2) is 9.37 Å². The van der Waals surface area contributed by atoms with Crippen molar-refractivity contribution in [2.45, 2.75) is 12.5 Å². The molecule has 0 bridgehead atoms. The van der Waals surface area contributed by atoms with E-state index in [1.54, 1.807) is 12.3 Å². The number of pyridine rings is 1. The minimum absolute atomic E-state index is 0.371. The SMILES string of the molecule is CC(O)(c1ccc(F)cn1)c1nc(Br)cs1. The Morgan fingerprint density at radius 3 is 2.75 bits per heavy atom. The molecule has 84 valence electrons. The second-order valence-corrected chi connectivity index (χ2v) is 5.08. The molecular weight excluding hydrogens is 295 g/mol. The molecule has 0 saturated heterocycles. The monoisotopic (exact) mass is 302 g/mol. The summed E-state index contributed by atoms with van der Waals surface area (Å²) in [7, 11) is 0. The molecule has 1 unspecified atom stereocenters. The molecule has 6 heteroatoms. The summed E-state index contributed by atoms with van der Waals surface area (Å²) in [5.74, 6) is -0.431. The molecule has 2 heterocycles. The molecule has 0 aliphatic rings. The maximum Gasteiger partial charge on any atom is 0.155 e. The first kappa shape index (κ1) is 11.6. The van der Waals surface area contributed by atoms with Crippen LogP contribution in [0.5, 0.6) is 0 Å². The molecule has 0 saturated carbocycles. The number of hydrogen-bond donors (Lipinski definition) is 1. The Balaban J connectivity index is 2.42. The predicted molar refractivity (Wildman–Crippen MR) is 62.7 cm³/mol. The van der Waals surface area contributed by atoms with Crippen molar-refractivity contribution in [3.05, 3.63) is 44.8 Å². The number of aromatic nitrogens is 2. The zero-order valence-corrected chi connectivity index (χ0v) is 10.7. The lowest BCUT2D eigenvalue weighted by Crippen LogP contribution is -2.24. The third kappa shape index (κ3) is 2.14. The van der Waals surface area contributed by atoms with E-state index < -0.39 is 11.4 Å². The van der Waals surface area contributed by atoms with Gasteiger partial charge in [0.2, 0.25) is 0 Å². The van der Waals surface area contributed by atoms with Crippen LogP contribution in [0.15, 0.2) is 28.3 Å². The number of thiazole rings is 1. The number of aliphatic hydroxyl groups is 1. The summed E-state index contributed by atoms with van der Waals surface area (Å²) in [4.78, 5) is 7.99. The minimum atomic E-state index is -1.30. The van der Waals surface area contributed by atoms with E-state index >= 15 is 0 Å². The Bertz CT molecular complexity index is 498. The highest BCUT2D eigenvalue weighted by Crippen LogP contribution is 2.31. The topological polar surface area (TPSA) is 46.0 Å². The van der Waals surface area contributed by atoms with Crippen LogP contribution in [-0.4, -0.2) is 15.1 Å². The highest BCUT2D eigenvalue weighted by Gasteiger charge is 2.30. The Morgan fingerprint density at radius 1 is 1.50 bits per heavy atom. The van der Waals surface area contributed by atoms with E-state index in [4.69, 9.17) is 0 Å². The third-order valence-corrected chi connectivity index (χ3v) is 3.88. The van der Waals surface area contributed by atoms with Gasteiger partial charge in [0, 0.05) is 5.38 Å². The van der Waals surface area contributed by atoms with Crippen molar-refractivity contribution in [2.75, 3.05) is 0 Å². The Kier molecular flexibility index (Phi) is 3.05. The van der Waals surface area contributed by atoms with Gasteiger partial charge >= 0.3 is 0 Å². The molecule has 0 radical (unpaired) electrons. The van der Waals surface area contributed by atoms with Gasteiger partial charge in [0.25, 0.3) is 0 Å². The van der Waals surface area contributed by atoms with Crippen molar-refractivity contribution in [1.29, 1.82) is 0 Å². The third-order valence-electron chi connectivity index (χ3n) is 2.12. The van der Waals surface area contributed by atoms with Crippen molar-refractivity contribution >= 4 is 27.3 Å². The molecule has 16 heavy (non-hydrogen) atoms. The second kappa shape index (κ2) is 4.20. The first-order valence-corrected chi connectivity index (χ1v) is 6.13. The molecule has 0 aliphatic heterocycles. The zero-order valence-electron chi connectivity index (χ0n) is 8.32. The normalized spacial score (nSPS) is 14.8. The fourth-order valence-corrected chi connectivity index (χ4v) is 2.57. The molecule has 0 aliphatic carbocycles. The van der Waals surface area contributed by atoms with E-state index in [1.165, 1.54) is 23.5 Å². The van der Waals surface area contributed by atoms with E-state index in [0.717, 1.165) is 6.20 Å². The van der Waals surface area contributed by atoms with Crippen molar-refractivity contribution in [3.8, 4) is 0 Å². The summed E-state index contributed by atoms with van der Waals surface area (Å²) in [6.45, 7) is 1.58. The van der Waals surface area contributed by atoms with Crippen LogP contribution in [0.4, 0.5) is 4.39 Å². The van der Waals surface area contributed by atoms with Crippen molar-refractivity contribution in [3.63, 3.8) is 0 Å². The zero-order chi connectivity index (χ0) is 11.8.